The summed E-state index contributed by atoms with van der Waals surface area (Å²) in [5, 5.41) is 29.8. The summed E-state index contributed by atoms with van der Waals surface area (Å²) in [7, 11) is -0.337. The van der Waals surface area contributed by atoms with Crippen LogP contribution in [-0.2, 0) is 19.2 Å². The maximum Gasteiger partial charge on any atom is 0.488 e. The standard InChI is InChI=1S/C30H25BINO8/c1-13-8-22(34)26-20(27(13)35)12-19-17(24(26)14-9-21(32)28(36)23(10-14)41-2)6-7-18-25(19)30(38)33(29(18)37)16-5-3-4-15(11-16)31(39)40/h3-6,8-11,18-19,24-25,36,39-40H,7,12H2,1-2H3. The molecule has 0 radical (unpaired) electrons. The maximum atomic E-state index is 14.0. The number of methoxy groups -OCH3 is 1. The molecule has 11 heteroatoms. The Bertz CT molecular complexity index is 1660. The van der Waals surface area contributed by atoms with Gasteiger partial charge in [-0.15, -0.1) is 0 Å². The van der Waals surface area contributed by atoms with Crippen LogP contribution in [0.4, 0.5) is 5.69 Å². The molecule has 2 aromatic rings. The monoisotopic (exact) mass is 665 g/mol. The first kappa shape index (κ1) is 27.6. The van der Waals surface area contributed by atoms with E-state index in [-0.39, 0.29) is 53.0 Å². The molecule has 41 heavy (non-hydrogen) atoms. The van der Waals surface area contributed by atoms with Crippen LogP contribution in [0.3, 0.4) is 0 Å². The molecule has 4 unspecified atom stereocenters. The Hall–Kier alpha value is -3.55. The van der Waals surface area contributed by atoms with Crippen LogP contribution in [0.15, 0.2) is 70.8 Å². The number of nitrogens with zero attached hydrogens (tertiary/aromatic N) is 1. The zero-order valence-electron chi connectivity index (χ0n) is 22.1. The third kappa shape index (κ3) is 4.20. The van der Waals surface area contributed by atoms with Crippen molar-refractivity contribution in [3.8, 4) is 11.5 Å². The fourth-order valence-electron chi connectivity index (χ4n) is 6.76. The average Bonchev–Trinajstić information content (AvgIpc) is 3.21. The Labute approximate surface area is 249 Å². The van der Waals surface area contributed by atoms with Gasteiger partial charge in [0.1, 0.15) is 0 Å². The van der Waals surface area contributed by atoms with Gasteiger partial charge < -0.3 is 19.9 Å². The minimum Gasteiger partial charge on any atom is -0.504 e. The predicted octanol–water partition coefficient (Wildman–Crippen LogP) is 2.32. The topological polar surface area (TPSA) is 141 Å². The molecule has 6 rings (SSSR count). The normalized spacial score (nSPS) is 25.4. The van der Waals surface area contributed by atoms with Gasteiger partial charge in [0.15, 0.2) is 23.1 Å². The van der Waals surface area contributed by atoms with Crippen molar-refractivity contribution in [3.05, 3.63) is 80.0 Å². The molecule has 0 aromatic heterocycles. The molecule has 2 aromatic carbocycles. The number of aromatic hydroxyl groups is 1. The van der Waals surface area contributed by atoms with E-state index in [1.54, 1.807) is 31.2 Å². The van der Waals surface area contributed by atoms with Crippen LogP contribution in [0, 0.1) is 21.3 Å². The van der Waals surface area contributed by atoms with E-state index in [1.165, 1.54) is 25.3 Å². The molecule has 3 aliphatic carbocycles. The number of benzene rings is 2. The van der Waals surface area contributed by atoms with Gasteiger partial charge in [0.25, 0.3) is 0 Å². The zero-order valence-corrected chi connectivity index (χ0v) is 24.3. The van der Waals surface area contributed by atoms with Gasteiger partial charge in [0.05, 0.1) is 28.2 Å². The molecule has 3 N–H and O–H groups in total. The number of hydrogen-bond donors (Lipinski definition) is 3. The minimum absolute atomic E-state index is 0.0414. The van der Waals surface area contributed by atoms with Crippen LogP contribution < -0.4 is 15.1 Å². The van der Waals surface area contributed by atoms with Crippen molar-refractivity contribution in [2.45, 2.75) is 25.7 Å². The van der Waals surface area contributed by atoms with Gasteiger partial charge in [0, 0.05) is 22.6 Å². The molecule has 2 amide bonds. The van der Waals surface area contributed by atoms with Gasteiger partial charge in [-0.3, -0.25) is 24.1 Å². The molecule has 9 nitrogen and oxygen atoms in total. The summed E-state index contributed by atoms with van der Waals surface area (Å²) >= 11 is 1.98. The molecule has 4 aliphatic rings. The summed E-state index contributed by atoms with van der Waals surface area (Å²) in [6.45, 7) is 1.59. The van der Waals surface area contributed by atoms with Crippen LogP contribution in [0.1, 0.15) is 31.2 Å². The molecule has 1 fully saturated rings. The molecule has 1 aliphatic heterocycles. The number of halogens is 1. The second-order valence-corrected chi connectivity index (χ2v) is 11.9. The number of carbonyl (C=O) groups excluding carboxylic acids is 4. The van der Waals surface area contributed by atoms with Crippen LogP contribution in [0.25, 0.3) is 0 Å². The van der Waals surface area contributed by atoms with Crippen LogP contribution in [0.2, 0.25) is 0 Å². The van der Waals surface area contributed by atoms with Gasteiger partial charge in [-0.2, -0.15) is 0 Å². The van der Waals surface area contributed by atoms with Gasteiger partial charge >= 0.3 is 7.12 Å². The van der Waals surface area contributed by atoms with Crippen molar-refractivity contribution in [1.82, 2.24) is 0 Å². The lowest BCUT2D eigenvalue weighted by molar-refractivity contribution is -0.123. The third-order valence-electron chi connectivity index (χ3n) is 8.59. The summed E-state index contributed by atoms with van der Waals surface area (Å²) in [4.78, 5) is 55.7. The van der Waals surface area contributed by atoms with E-state index in [1.807, 2.05) is 28.7 Å². The lowest BCUT2D eigenvalue weighted by Gasteiger charge is -2.42. The number of anilines is 1. The highest BCUT2D eigenvalue weighted by molar-refractivity contribution is 14.1. The van der Waals surface area contributed by atoms with E-state index in [4.69, 9.17) is 4.74 Å². The van der Waals surface area contributed by atoms with Gasteiger partial charge in [0.2, 0.25) is 11.8 Å². The number of phenols is 1. The van der Waals surface area contributed by atoms with Crippen molar-refractivity contribution >= 4 is 64.2 Å². The number of fused-ring (bicyclic) bond motifs is 3. The zero-order chi connectivity index (χ0) is 29.3. The van der Waals surface area contributed by atoms with Crippen LogP contribution >= 0.6 is 22.6 Å². The number of ketones is 2. The molecular weight excluding hydrogens is 640 g/mol. The summed E-state index contributed by atoms with van der Waals surface area (Å²) in [5.74, 6) is -3.80. The number of amides is 2. The second kappa shape index (κ2) is 10.1. The summed E-state index contributed by atoms with van der Waals surface area (Å²) in [6, 6.07) is 9.39. The first-order valence-corrected chi connectivity index (χ1v) is 14.2. The fraction of sp³-hybridized carbons (Fsp3) is 0.267. The summed E-state index contributed by atoms with van der Waals surface area (Å²) < 4.78 is 5.89. The van der Waals surface area contributed by atoms with Crippen molar-refractivity contribution < 1.29 is 39.1 Å². The fourth-order valence-corrected chi connectivity index (χ4v) is 7.38. The number of phenolic OH excluding ortho intramolecular Hbond substituents is 1. The van der Waals surface area contributed by atoms with Crippen molar-refractivity contribution in [1.29, 1.82) is 0 Å². The lowest BCUT2D eigenvalue weighted by atomic mass is 9.59. The number of hydrogen-bond acceptors (Lipinski definition) is 8. The van der Waals surface area contributed by atoms with Crippen LogP contribution in [0.5, 0.6) is 11.5 Å². The smallest absolute Gasteiger partial charge is 0.488 e. The first-order chi connectivity index (χ1) is 19.5. The number of imide groups is 1. The van der Waals surface area contributed by atoms with Gasteiger partial charge in [-0.05, 0) is 89.6 Å². The van der Waals surface area contributed by atoms with Crippen LogP contribution in [-0.4, -0.2) is 52.8 Å². The van der Waals surface area contributed by atoms with E-state index in [0.29, 0.717) is 25.9 Å². The Morgan fingerprint density at radius 2 is 1.80 bits per heavy atom. The van der Waals surface area contributed by atoms with E-state index in [2.05, 4.69) is 0 Å². The SMILES string of the molecule is COc1cc(C2C3=CCC4C(=O)N(c5cccc(B(O)O)c5)C(=O)C4C3CC3=C2C(=O)C=C(C)C3=O)cc(I)c1O. The van der Waals surface area contributed by atoms with E-state index >= 15 is 0 Å². The van der Waals surface area contributed by atoms with Crippen molar-refractivity contribution in [2.75, 3.05) is 12.0 Å². The average molecular weight is 665 g/mol. The summed E-state index contributed by atoms with van der Waals surface area (Å²) in [5.41, 5.74) is 2.82. The third-order valence-corrected chi connectivity index (χ3v) is 9.42. The largest absolute Gasteiger partial charge is 0.504 e. The first-order valence-electron chi connectivity index (χ1n) is 13.1. The van der Waals surface area contributed by atoms with Crippen molar-refractivity contribution in [2.24, 2.45) is 17.8 Å². The molecule has 208 valence electrons. The minimum atomic E-state index is -1.76. The molecular formula is C30H25BINO8. The van der Waals surface area contributed by atoms with Gasteiger partial charge in [-0.1, -0.05) is 23.8 Å². The highest BCUT2D eigenvalue weighted by Crippen LogP contribution is 2.56. The van der Waals surface area contributed by atoms with Gasteiger partial charge in [-0.25, -0.2) is 0 Å². The Morgan fingerprint density at radius 3 is 2.51 bits per heavy atom. The Kier molecular flexibility index (Phi) is 6.78. The molecule has 0 saturated carbocycles. The molecule has 1 heterocycles. The molecule has 0 bridgehead atoms. The maximum absolute atomic E-state index is 14.0. The second-order valence-electron chi connectivity index (χ2n) is 10.8. The Morgan fingerprint density at radius 1 is 1.05 bits per heavy atom. The molecule has 1 saturated heterocycles. The highest BCUT2D eigenvalue weighted by Gasteiger charge is 2.56. The van der Waals surface area contributed by atoms with E-state index < -0.39 is 36.7 Å². The van der Waals surface area contributed by atoms with E-state index in [9.17, 15) is 34.3 Å². The number of allylic oxidation sites excluding steroid dienone is 6. The number of rotatable bonds is 4. The number of carbonyl (C=O) groups is 4. The summed E-state index contributed by atoms with van der Waals surface area (Å²) in [6.07, 6.45) is 3.67. The molecule has 0 spiro atoms. The number of ether oxygens (including phenoxy) is 1. The predicted molar refractivity (Wildman–Crippen MR) is 157 cm³/mol. The molecule has 4 atom stereocenters. The number of Topliss-reactive ketones (excluding diaryl/α,β-unsaturated/α-hetero) is 1. The lowest BCUT2D eigenvalue weighted by Crippen LogP contribution is -2.40. The van der Waals surface area contributed by atoms with E-state index in [0.717, 1.165) is 10.5 Å². The quantitative estimate of drug-likeness (QED) is 0.149. The highest BCUT2D eigenvalue weighted by atomic mass is 127. The van der Waals surface area contributed by atoms with Crippen molar-refractivity contribution in [3.63, 3.8) is 0 Å². The Balaban J connectivity index is 1.49.